The van der Waals surface area contributed by atoms with Gasteiger partial charge in [0.1, 0.15) is 0 Å². The monoisotopic (exact) mass is 257 g/mol. The Kier molecular flexibility index (Phi) is 4.25. The molecule has 102 valence electrons. The minimum Gasteiger partial charge on any atom is -0.353 e. The van der Waals surface area contributed by atoms with Crippen molar-refractivity contribution in [1.82, 2.24) is 9.55 Å². The number of hydrogen-bond acceptors (Lipinski definition) is 2. The quantitative estimate of drug-likeness (QED) is 0.878. The lowest BCUT2D eigenvalue weighted by atomic mass is 10.1. The van der Waals surface area contributed by atoms with Crippen LogP contribution in [0.3, 0.4) is 0 Å². The first-order chi connectivity index (χ1) is 9.11. The molecule has 1 aromatic heterocycles. The highest BCUT2D eigenvalue weighted by molar-refractivity contribution is 5.48. The van der Waals surface area contributed by atoms with Crippen LogP contribution in [0.1, 0.15) is 38.4 Å². The summed E-state index contributed by atoms with van der Waals surface area (Å²) in [5.74, 6) is 0.927. The van der Waals surface area contributed by atoms with E-state index in [2.05, 4.69) is 66.1 Å². The second kappa shape index (κ2) is 5.91. The van der Waals surface area contributed by atoms with Gasteiger partial charge in [-0.25, -0.2) is 4.98 Å². The molecular weight excluding hydrogens is 234 g/mol. The fraction of sp³-hybridized carbons (Fsp3) is 0.438. The zero-order valence-electron chi connectivity index (χ0n) is 12.3. The molecule has 0 bridgehead atoms. The van der Waals surface area contributed by atoms with Crippen LogP contribution in [0.4, 0.5) is 5.95 Å². The molecule has 0 aliphatic rings. The molecule has 1 N–H and O–H groups in total. The number of rotatable bonds is 5. The van der Waals surface area contributed by atoms with Crippen LogP contribution in [0.15, 0.2) is 30.5 Å². The van der Waals surface area contributed by atoms with Crippen molar-refractivity contribution < 1.29 is 0 Å². The van der Waals surface area contributed by atoms with E-state index in [1.54, 1.807) is 0 Å². The molecule has 2 rings (SSSR count). The lowest BCUT2D eigenvalue weighted by molar-refractivity contribution is 0.854. The summed E-state index contributed by atoms with van der Waals surface area (Å²) < 4.78 is 2.17. The Morgan fingerprint density at radius 1 is 1.26 bits per heavy atom. The highest BCUT2D eigenvalue weighted by atomic mass is 15.2. The van der Waals surface area contributed by atoms with Crippen molar-refractivity contribution in [2.24, 2.45) is 0 Å². The van der Waals surface area contributed by atoms with E-state index in [9.17, 15) is 0 Å². The first-order valence-corrected chi connectivity index (χ1v) is 7.02. The lowest BCUT2D eigenvalue weighted by Gasteiger charge is -2.15. The maximum atomic E-state index is 4.58. The van der Waals surface area contributed by atoms with Crippen molar-refractivity contribution >= 4 is 5.95 Å². The van der Waals surface area contributed by atoms with Gasteiger partial charge in [-0.15, -0.1) is 0 Å². The predicted octanol–water partition coefficient (Wildman–Crippen LogP) is 3.95. The summed E-state index contributed by atoms with van der Waals surface area (Å²) >= 11 is 0. The molecule has 0 spiro atoms. The molecule has 0 atom stereocenters. The SMILES string of the molecule is CCCc1ccccc1-n1cc(C)nc1NC(C)C. The van der Waals surface area contributed by atoms with E-state index in [0.29, 0.717) is 6.04 Å². The molecule has 19 heavy (non-hydrogen) atoms. The summed E-state index contributed by atoms with van der Waals surface area (Å²) in [6.45, 7) is 8.51. The van der Waals surface area contributed by atoms with Crippen LogP contribution < -0.4 is 5.32 Å². The van der Waals surface area contributed by atoms with Gasteiger partial charge >= 0.3 is 0 Å². The van der Waals surface area contributed by atoms with Crippen LogP contribution in [0.2, 0.25) is 0 Å². The molecule has 0 amide bonds. The molecule has 3 nitrogen and oxygen atoms in total. The standard InChI is InChI=1S/C16H23N3/c1-5-8-14-9-6-7-10-15(14)19-11-13(4)18-16(19)17-12(2)3/h6-7,9-12H,5,8H2,1-4H3,(H,17,18). The summed E-state index contributed by atoms with van der Waals surface area (Å²) in [5, 5.41) is 3.41. The van der Waals surface area contributed by atoms with Gasteiger partial charge in [0.15, 0.2) is 0 Å². The first kappa shape index (κ1) is 13.7. The summed E-state index contributed by atoms with van der Waals surface area (Å²) in [4.78, 5) is 4.58. The van der Waals surface area contributed by atoms with Crippen LogP contribution >= 0.6 is 0 Å². The van der Waals surface area contributed by atoms with Gasteiger partial charge in [-0.3, -0.25) is 4.57 Å². The Labute approximate surface area is 115 Å². The van der Waals surface area contributed by atoms with Gasteiger partial charge in [0.25, 0.3) is 0 Å². The molecule has 2 aromatic rings. The van der Waals surface area contributed by atoms with Gasteiger partial charge < -0.3 is 5.32 Å². The maximum absolute atomic E-state index is 4.58. The molecule has 0 fully saturated rings. The zero-order valence-corrected chi connectivity index (χ0v) is 12.3. The molecule has 0 aliphatic heterocycles. The highest BCUT2D eigenvalue weighted by Gasteiger charge is 2.11. The van der Waals surface area contributed by atoms with Crippen molar-refractivity contribution in [2.75, 3.05) is 5.32 Å². The fourth-order valence-corrected chi connectivity index (χ4v) is 2.27. The number of aryl methyl sites for hydroxylation is 2. The van der Waals surface area contributed by atoms with Crippen molar-refractivity contribution in [3.8, 4) is 5.69 Å². The number of nitrogens with one attached hydrogen (secondary N) is 1. The minimum atomic E-state index is 0.374. The third-order valence-electron chi connectivity index (χ3n) is 3.01. The maximum Gasteiger partial charge on any atom is 0.207 e. The van der Waals surface area contributed by atoms with Crippen molar-refractivity contribution in [3.05, 3.63) is 41.7 Å². The Hall–Kier alpha value is -1.77. The molecule has 0 unspecified atom stereocenters. The van der Waals surface area contributed by atoms with Crippen LogP contribution in [-0.4, -0.2) is 15.6 Å². The Balaban J connectivity index is 2.46. The van der Waals surface area contributed by atoms with Crippen molar-refractivity contribution in [2.45, 2.75) is 46.6 Å². The van der Waals surface area contributed by atoms with E-state index in [4.69, 9.17) is 0 Å². The van der Waals surface area contributed by atoms with Gasteiger partial charge in [-0.05, 0) is 38.8 Å². The van der Waals surface area contributed by atoms with Gasteiger partial charge in [-0.1, -0.05) is 31.5 Å². The Bertz CT molecular complexity index is 541. The van der Waals surface area contributed by atoms with E-state index in [1.807, 2.05) is 6.92 Å². The molecular formula is C16H23N3. The van der Waals surface area contributed by atoms with Gasteiger partial charge in [-0.2, -0.15) is 0 Å². The average molecular weight is 257 g/mol. The number of benzene rings is 1. The largest absolute Gasteiger partial charge is 0.353 e. The Morgan fingerprint density at radius 2 is 2.00 bits per heavy atom. The molecule has 0 aliphatic carbocycles. The average Bonchev–Trinajstić information content (AvgIpc) is 2.70. The van der Waals surface area contributed by atoms with Crippen LogP contribution in [-0.2, 0) is 6.42 Å². The zero-order chi connectivity index (χ0) is 13.8. The fourth-order valence-electron chi connectivity index (χ4n) is 2.27. The molecule has 0 saturated heterocycles. The van der Waals surface area contributed by atoms with Gasteiger partial charge in [0.2, 0.25) is 5.95 Å². The van der Waals surface area contributed by atoms with Crippen LogP contribution in [0, 0.1) is 6.92 Å². The molecule has 1 aromatic carbocycles. The predicted molar refractivity (Wildman–Crippen MR) is 81.1 cm³/mol. The third kappa shape index (κ3) is 3.16. The number of hydrogen-bond donors (Lipinski definition) is 1. The topological polar surface area (TPSA) is 29.9 Å². The van der Waals surface area contributed by atoms with Gasteiger partial charge in [0, 0.05) is 12.2 Å². The van der Waals surface area contributed by atoms with E-state index in [1.165, 1.54) is 11.3 Å². The second-order valence-electron chi connectivity index (χ2n) is 5.25. The van der Waals surface area contributed by atoms with Crippen molar-refractivity contribution in [1.29, 1.82) is 0 Å². The number of nitrogens with zero attached hydrogens (tertiary/aromatic N) is 2. The van der Waals surface area contributed by atoms with Crippen LogP contribution in [0.25, 0.3) is 5.69 Å². The van der Waals surface area contributed by atoms with Crippen molar-refractivity contribution in [3.63, 3.8) is 0 Å². The van der Waals surface area contributed by atoms with E-state index in [0.717, 1.165) is 24.5 Å². The number of para-hydroxylation sites is 1. The smallest absolute Gasteiger partial charge is 0.207 e. The lowest BCUT2D eigenvalue weighted by Crippen LogP contribution is -2.14. The second-order valence-corrected chi connectivity index (χ2v) is 5.25. The number of imidazole rings is 1. The Morgan fingerprint density at radius 3 is 2.68 bits per heavy atom. The first-order valence-electron chi connectivity index (χ1n) is 7.02. The number of anilines is 1. The summed E-state index contributed by atoms with van der Waals surface area (Å²) in [6.07, 6.45) is 4.34. The van der Waals surface area contributed by atoms with E-state index < -0.39 is 0 Å². The molecule has 3 heteroatoms. The third-order valence-corrected chi connectivity index (χ3v) is 3.01. The minimum absolute atomic E-state index is 0.374. The van der Waals surface area contributed by atoms with E-state index >= 15 is 0 Å². The molecule has 0 radical (unpaired) electrons. The molecule has 1 heterocycles. The normalized spacial score (nSPS) is 11.0. The number of aromatic nitrogens is 2. The summed E-state index contributed by atoms with van der Waals surface area (Å²) in [7, 11) is 0. The van der Waals surface area contributed by atoms with Crippen LogP contribution in [0.5, 0.6) is 0 Å². The summed E-state index contributed by atoms with van der Waals surface area (Å²) in [6, 6.07) is 8.93. The van der Waals surface area contributed by atoms with Gasteiger partial charge in [0.05, 0.1) is 11.4 Å². The van der Waals surface area contributed by atoms with E-state index in [-0.39, 0.29) is 0 Å². The molecule has 0 saturated carbocycles. The summed E-state index contributed by atoms with van der Waals surface area (Å²) in [5.41, 5.74) is 3.64. The highest BCUT2D eigenvalue weighted by Crippen LogP contribution is 2.22.